The molecular weight excluding hydrogens is 366 g/mol. The maximum absolute atomic E-state index is 12.4. The van der Waals surface area contributed by atoms with E-state index in [2.05, 4.69) is 0 Å². The zero-order valence-electron chi connectivity index (χ0n) is 14.6. The van der Waals surface area contributed by atoms with Gasteiger partial charge >= 0.3 is 5.97 Å². The van der Waals surface area contributed by atoms with Crippen LogP contribution in [0.15, 0.2) is 48.6 Å². The SMILES string of the molecule is O=C(CCN1C(=O)[C@H]2CC=CC[C@H]2C1=O)Oc1ccc(Cl)c2ccccc12. The largest absolute Gasteiger partial charge is 0.426 e. The van der Waals surface area contributed by atoms with Gasteiger partial charge in [-0.1, -0.05) is 48.0 Å². The number of carbonyl (C=O) groups excluding carboxylic acids is 3. The standard InChI is InChI=1S/C21H18ClNO4/c22-17-9-10-18(14-6-2-1-5-13(14)17)27-19(24)11-12-23-20(25)15-7-3-4-8-16(15)21(23)26/h1-6,9-10,15-16H,7-8,11-12H2/t15-,16+. The van der Waals surface area contributed by atoms with Gasteiger partial charge in [-0.2, -0.15) is 0 Å². The molecule has 1 heterocycles. The zero-order chi connectivity index (χ0) is 19.0. The van der Waals surface area contributed by atoms with E-state index < -0.39 is 5.97 Å². The van der Waals surface area contributed by atoms with Gasteiger partial charge in [-0.25, -0.2) is 0 Å². The Balaban J connectivity index is 1.43. The van der Waals surface area contributed by atoms with E-state index in [4.69, 9.17) is 16.3 Å². The molecule has 6 heteroatoms. The lowest BCUT2D eigenvalue weighted by molar-refractivity contribution is -0.141. The molecule has 1 fully saturated rings. The maximum Gasteiger partial charge on any atom is 0.313 e. The molecule has 0 N–H and O–H groups in total. The Kier molecular flexibility index (Phi) is 4.70. The van der Waals surface area contributed by atoms with Gasteiger partial charge in [-0.3, -0.25) is 19.3 Å². The smallest absolute Gasteiger partial charge is 0.313 e. The summed E-state index contributed by atoms with van der Waals surface area (Å²) in [6, 6.07) is 10.7. The molecule has 1 saturated heterocycles. The van der Waals surface area contributed by atoms with Crippen LogP contribution >= 0.6 is 11.6 Å². The highest BCUT2D eigenvalue weighted by Crippen LogP contribution is 2.35. The van der Waals surface area contributed by atoms with Gasteiger partial charge in [0.05, 0.1) is 18.3 Å². The Morgan fingerprint density at radius 3 is 2.30 bits per heavy atom. The average molecular weight is 384 g/mol. The van der Waals surface area contributed by atoms with Crippen molar-refractivity contribution in [2.75, 3.05) is 6.54 Å². The summed E-state index contributed by atoms with van der Waals surface area (Å²) >= 11 is 6.18. The molecule has 0 radical (unpaired) electrons. The Morgan fingerprint density at radius 1 is 1.00 bits per heavy atom. The van der Waals surface area contributed by atoms with Crippen LogP contribution in [-0.4, -0.2) is 29.2 Å². The average Bonchev–Trinajstić information content (AvgIpc) is 2.93. The molecule has 2 amide bonds. The number of esters is 1. The van der Waals surface area contributed by atoms with Crippen LogP contribution in [0.4, 0.5) is 0 Å². The van der Waals surface area contributed by atoms with Gasteiger partial charge in [0.1, 0.15) is 5.75 Å². The highest BCUT2D eigenvalue weighted by molar-refractivity contribution is 6.35. The van der Waals surface area contributed by atoms with Gasteiger partial charge < -0.3 is 4.74 Å². The van der Waals surface area contributed by atoms with Crippen molar-refractivity contribution >= 4 is 40.2 Å². The molecular formula is C21H18ClNO4. The fourth-order valence-electron chi connectivity index (χ4n) is 3.79. The molecule has 0 unspecified atom stereocenters. The molecule has 0 aromatic heterocycles. The molecule has 27 heavy (non-hydrogen) atoms. The molecule has 2 aromatic carbocycles. The number of imide groups is 1. The minimum absolute atomic E-state index is 0.0404. The second-order valence-electron chi connectivity index (χ2n) is 6.80. The fourth-order valence-corrected chi connectivity index (χ4v) is 4.02. The van der Waals surface area contributed by atoms with Crippen molar-refractivity contribution in [3.63, 3.8) is 0 Å². The predicted octanol–water partition coefficient (Wildman–Crippen LogP) is 3.74. The van der Waals surface area contributed by atoms with Gasteiger partial charge in [-0.05, 0) is 25.0 Å². The van der Waals surface area contributed by atoms with Gasteiger partial charge in [0.15, 0.2) is 0 Å². The number of rotatable bonds is 4. The van der Waals surface area contributed by atoms with E-state index in [0.29, 0.717) is 23.6 Å². The van der Waals surface area contributed by atoms with E-state index in [0.717, 1.165) is 10.8 Å². The molecule has 5 nitrogen and oxygen atoms in total. The van der Waals surface area contributed by atoms with E-state index in [1.54, 1.807) is 12.1 Å². The second kappa shape index (κ2) is 7.16. The first-order chi connectivity index (χ1) is 13.1. The summed E-state index contributed by atoms with van der Waals surface area (Å²) in [7, 11) is 0. The van der Waals surface area contributed by atoms with Crippen molar-refractivity contribution < 1.29 is 19.1 Å². The third-order valence-electron chi connectivity index (χ3n) is 5.19. The number of amides is 2. The van der Waals surface area contributed by atoms with E-state index in [1.807, 2.05) is 36.4 Å². The molecule has 2 aliphatic rings. The first kappa shape index (κ1) is 17.7. The minimum atomic E-state index is -0.490. The van der Waals surface area contributed by atoms with Crippen LogP contribution in [0.2, 0.25) is 5.02 Å². The Hall–Kier alpha value is -2.66. The van der Waals surface area contributed by atoms with Gasteiger partial charge in [-0.15, -0.1) is 0 Å². The lowest BCUT2D eigenvalue weighted by Crippen LogP contribution is -2.33. The third-order valence-corrected chi connectivity index (χ3v) is 5.52. The number of carbonyl (C=O) groups is 3. The number of allylic oxidation sites excluding steroid dienone is 2. The Bertz CT molecular complexity index is 942. The number of hydrogen-bond acceptors (Lipinski definition) is 4. The second-order valence-corrected chi connectivity index (χ2v) is 7.21. The lowest BCUT2D eigenvalue weighted by Gasteiger charge is -2.14. The van der Waals surface area contributed by atoms with E-state index in [1.165, 1.54) is 4.90 Å². The molecule has 2 aromatic rings. The highest BCUT2D eigenvalue weighted by Gasteiger charge is 2.46. The van der Waals surface area contributed by atoms with E-state index in [9.17, 15) is 14.4 Å². The third kappa shape index (κ3) is 3.23. The first-order valence-corrected chi connectivity index (χ1v) is 9.32. The van der Waals surface area contributed by atoms with Crippen molar-refractivity contribution in [3.8, 4) is 5.75 Å². The number of benzene rings is 2. The van der Waals surface area contributed by atoms with Crippen LogP contribution in [-0.2, 0) is 14.4 Å². The van der Waals surface area contributed by atoms with Crippen molar-refractivity contribution in [2.24, 2.45) is 11.8 Å². The van der Waals surface area contributed by atoms with Crippen molar-refractivity contribution in [1.29, 1.82) is 0 Å². The quantitative estimate of drug-likeness (QED) is 0.349. The number of fused-ring (bicyclic) bond motifs is 2. The normalized spacial score (nSPS) is 21.6. The first-order valence-electron chi connectivity index (χ1n) is 8.94. The number of hydrogen-bond donors (Lipinski definition) is 0. The monoisotopic (exact) mass is 383 g/mol. The molecule has 1 aliphatic carbocycles. The maximum atomic E-state index is 12.4. The summed E-state index contributed by atoms with van der Waals surface area (Å²) in [5.41, 5.74) is 0. The number of nitrogens with zero attached hydrogens (tertiary/aromatic N) is 1. The van der Waals surface area contributed by atoms with Gasteiger partial charge in [0, 0.05) is 22.3 Å². The van der Waals surface area contributed by atoms with Crippen LogP contribution in [0.1, 0.15) is 19.3 Å². The topological polar surface area (TPSA) is 63.7 Å². The van der Waals surface area contributed by atoms with Crippen molar-refractivity contribution in [1.82, 2.24) is 4.90 Å². The summed E-state index contributed by atoms with van der Waals surface area (Å²) in [5, 5.41) is 2.12. The zero-order valence-corrected chi connectivity index (χ0v) is 15.3. The molecule has 4 rings (SSSR count). The number of ether oxygens (including phenoxy) is 1. The van der Waals surface area contributed by atoms with Crippen LogP contribution in [0, 0.1) is 11.8 Å². The lowest BCUT2D eigenvalue weighted by atomic mass is 9.85. The molecule has 2 atom stereocenters. The van der Waals surface area contributed by atoms with Crippen molar-refractivity contribution in [3.05, 3.63) is 53.6 Å². The molecule has 138 valence electrons. The Morgan fingerprint density at radius 2 is 1.63 bits per heavy atom. The molecule has 0 saturated carbocycles. The molecule has 0 spiro atoms. The summed E-state index contributed by atoms with van der Waals surface area (Å²) in [5.74, 6) is -0.997. The van der Waals surface area contributed by atoms with Gasteiger partial charge in [0.2, 0.25) is 11.8 Å². The Labute approximate surface area is 161 Å². The number of halogens is 1. The molecule has 0 bridgehead atoms. The fraction of sp³-hybridized carbons (Fsp3) is 0.286. The summed E-state index contributed by atoms with van der Waals surface area (Å²) in [4.78, 5) is 38.4. The predicted molar refractivity (Wildman–Crippen MR) is 101 cm³/mol. The van der Waals surface area contributed by atoms with Crippen molar-refractivity contribution in [2.45, 2.75) is 19.3 Å². The number of likely N-dealkylation sites (tertiary alicyclic amines) is 1. The van der Waals surface area contributed by atoms with E-state index >= 15 is 0 Å². The van der Waals surface area contributed by atoms with Crippen LogP contribution in [0.3, 0.4) is 0 Å². The van der Waals surface area contributed by atoms with Crippen LogP contribution < -0.4 is 4.74 Å². The minimum Gasteiger partial charge on any atom is -0.426 e. The highest BCUT2D eigenvalue weighted by atomic mass is 35.5. The summed E-state index contributed by atoms with van der Waals surface area (Å²) < 4.78 is 5.47. The van der Waals surface area contributed by atoms with Crippen LogP contribution in [0.25, 0.3) is 10.8 Å². The summed E-state index contributed by atoms with van der Waals surface area (Å²) in [6.45, 7) is 0.0506. The molecule has 1 aliphatic heterocycles. The van der Waals surface area contributed by atoms with E-state index in [-0.39, 0.29) is 36.6 Å². The van der Waals surface area contributed by atoms with Crippen LogP contribution in [0.5, 0.6) is 5.75 Å². The summed E-state index contributed by atoms with van der Waals surface area (Å²) in [6.07, 6.45) is 5.02. The van der Waals surface area contributed by atoms with Gasteiger partial charge in [0.25, 0.3) is 0 Å².